The highest BCUT2D eigenvalue weighted by molar-refractivity contribution is 14.1. The van der Waals surface area contributed by atoms with Crippen LogP contribution in [0.3, 0.4) is 0 Å². The van der Waals surface area contributed by atoms with E-state index in [2.05, 4.69) is 61.4 Å². The molecule has 3 atom stereocenters. The maximum atomic E-state index is 5.82. The summed E-state index contributed by atoms with van der Waals surface area (Å²) in [5, 5.41) is 0. The quantitative estimate of drug-likeness (QED) is 0.345. The molecule has 0 aromatic rings. The molecule has 0 amide bonds. The Labute approximate surface area is 125 Å². The first-order chi connectivity index (χ1) is 8.49. The molecule has 0 aliphatic heterocycles. The van der Waals surface area contributed by atoms with Gasteiger partial charge in [0, 0.05) is 18.2 Å². The average molecular weight is 360 g/mol. The van der Waals surface area contributed by atoms with E-state index in [1.807, 2.05) is 6.08 Å². The molecule has 0 saturated carbocycles. The van der Waals surface area contributed by atoms with Gasteiger partial charge in [-0.3, -0.25) is 4.99 Å². The standard InChI is InChI=1S/C15H25IN2/c1-5-12-7-10(3)15(11(4)8-12)13(18-6-2)9-14(16)17/h7,9,11-12,15H,5-6,8,17H2,1-4H3/b14-9-,18-13+/t11-,12?,15?/m1/s1. The highest BCUT2D eigenvalue weighted by Crippen LogP contribution is 2.36. The van der Waals surface area contributed by atoms with Crippen LogP contribution in [0.15, 0.2) is 26.4 Å². The van der Waals surface area contributed by atoms with Crippen molar-refractivity contribution < 1.29 is 0 Å². The third-order valence-corrected chi connectivity index (χ3v) is 4.01. The Morgan fingerprint density at radius 3 is 2.67 bits per heavy atom. The first kappa shape index (κ1) is 15.7. The second-order valence-electron chi connectivity index (χ2n) is 5.20. The van der Waals surface area contributed by atoms with Crippen LogP contribution in [0.2, 0.25) is 0 Å². The summed E-state index contributed by atoms with van der Waals surface area (Å²) in [6.07, 6.45) is 6.97. The van der Waals surface area contributed by atoms with Crippen LogP contribution in [0.25, 0.3) is 0 Å². The van der Waals surface area contributed by atoms with E-state index in [4.69, 9.17) is 5.73 Å². The largest absolute Gasteiger partial charge is 0.394 e. The van der Waals surface area contributed by atoms with Crippen molar-refractivity contribution in [3.8, 4) is 0 Å². The van der Waals surface area contributed by atoms with Gasteiger partial charge in [0.2, 0.25) is 0 Å². The summed E-state index contributed by atoms with van der Waals surface area (Å²) in [5.74, 6) is 1.83. The van der Waals surface area contributed by atoms with E-state index in [9.17, 15) is 0 Å². The van der Waals surface area contributed by atoms with Crippen LogP contribution < -0.4 is 5.73 Å². The first-order valence-electron chi connectivity index (χ1n) is 6.84. The number of aliphatic imine (C=N–C) groups is 1. The number of hydrogen-bond donors (Lipinski definition) is 1. The molecule has 0 fully saturated rings. The SMILES string of the molecule is CC/N=C(\C=C(/N)I)C1C(C)=CC(CC)C[C@H]1C. The van der Waals surface area contributed by atoms with Gasteiger partial charge in [-0.25, -0.2) is 0 Å². The van der Waals surface area contributed by atoms with E-state index in [0.29, 0.717) is 11.8 Å². The normalized spacial score (nSPS) is 30.3. The Balaban J connectivity index is 3.05. The molecular weight excluding hydrogens is 335 g/mol. The number of nitrogens with two attached hydrogens (primary N) is 1. The van der Waals surface area contributed by atoms with Crippen molar-refractivity contribution in [2.24, 2.45) is 28.5 Å². The summed E-state index contributed by atoms with van der Waals surface area (Å²) < 4.78 is 0.817. The van der Waals surface area contributed by atoms with E-state index in [0.717, 1.165) is 21.9 Å². The van der Waals surface area contributed by atoms with Gasteiger partial charge in [0.1, 0.15) is 0 Å². The molecule has 0 bridgehead atoms. The molecule has 2 N–H and O–H groups in total. The lowest BCUT2D eigenvalue weighted by Crippen LogP contribution is -2.28. The summed E-state index contributed by atoms with van der Waals surface area (Å²) in [4.78, 5) is 4.65. The maximum Gasteiger partial charge on any atom is 0.0724 e. The molecule has 1 aliphatic carbocycles. The monoisotopic (exact) mass is 360 g/mol. The highest BCUT2D eigenvalue weighted by Gasteiger charge is 2.29. The molecule has 1 aliphatic rings. The lowest BCUT2D eigenvalue weighted by Gasteiger charge is -2.33. The molecule has 2 nitrogen and oxygen atoms in total. The fourth-order valence-corrected chi connectivity index (χ4v) is 3.29. The molecule has 0 spiro atoms. The predicted octanol–water partition coefficient (Wildman–Crippen LogP) is 4.31. The summed E-state index contributed by atoms with van der Waals surface area (Å²) in [7, 11) is 0. The van der Waals surface area contributed by atoms with Gasteiger partial charge in [0.15, 0.2) is 0 Å². The number of nitrogens with zero attached hydrogens (tertiary/aromatic N) is 1. The zero-order chi connectivity index (χ0) is 13.7. The lowest BCUT2D eigenvalue weighted by atomic mass is 9.72. The van der Waals surface area contributed by atoms with E-state index in [1.54, 1.807) is 0 Å². The van der Waals surface area contributed by atoms with Crippen molar-refractivity contribution in [3.63, 3.8) is 0 Å². The van der Waals surface area contributed by atoms with Gasteiger partial charge in [-0.2, -0.15) is 0 Å². The number of hydrogen-bond acceptors (Lipinski definition) is 2. The number of rotatable bonds is 4. The first-order valence-corrected chi connectivity index (χ1v) is 7.92. The van der Waals surface area contributed by atoms with Crippen molar-refractivity contribution >= 4 is 28.3 Å². The van der Waals surface area contributed by atoms with Crippen LogP contribution in [0.5, 0.6) is 0 Å². The topological polar surface area (TPSA) is 38.4 Å². The van der Waals surface area contributed by atoms with Crippen LogP contribution in [-0.4, -0.2) is 12.3 Å². The van der Waals surface area contributed by atoms with E-state index >= 15 is 0 Å². The van der Waals surface area contributed by atoms with E-state index in [1.165, 1.54) is 18.4 Å². The Hall–Kier alpha value is -0.320. The van der Waals surface area contributed by atoms with Crippen molar-refractivity contribution in [1.29, 1.82) is 0 Å². The van der Waals surface area contributed by atoms with Gasteiger partial charge in [0.25, 0.3) is 0 Å². The molecule has 102 valence electrons. The number of halogens is 1. The van der Waals surface area contributed by atoms with Crippen LogP contribution >= 0.6 is 22.6 Å². The van der Waals surface area contributed by atoms with Crippen LogP contribution in [-0.2, 0) is 0 Å². The highest BCUT2D eigenvalue weighted by atomic mass is 127. The maximum absolute atomic E-state index is 5.82. The average Bonchev–Trinajstić information content (AvgIpc) is 2.27. The molecule has 0 aromatic carbocycles. The molecule has 2 unspecified atom stereocenters. The minimum atomic E-state index is 0.445. The molecule has 18 heavy (non-hydrogen) atoms. The summed E-state index contributed by atoms with van der Waals surface area (Å²) >= 11 is 2.16. The second kappa shape index (κ2) is 7.31. The zero-order valence-corrected chi connectivity index (χ0v) is 14.1. The van der Waals surface area contributed by atoms with Crippen molar-refractivity contribution in [2.45, 2.75) is 40.5 Å². The Morgan fingerprint density at radius 1 is 1.56 bits per heavy atom. The van der Waals surface area contributed by atoms with E-state index in [-0.39, 0.29) is 0 Å². The van der Waals surface area contributed by atoms with Crippen molar-refractivity contribution in [3.05, 3.63) is 21.4 Å². The van der Waals surface area contributed by atoms with Gasteiger partial charge >= 0.3 is 0 Å². The van der Waals surface area contributed by atoms with Crippen LogP contribution in [0.1, 0.15) is 40.5 Å². The van der Waals surface area contributed by atoms with Gasteiger partial charge in [0.05, 0.1) is 3.70 Å². The lowest BCUT2D eigenvalue weighted by molar-refractivity contribution is 0.367. The zero-order valence-electron chi connectivity index (χ0n) is 11.9. The molecule has 1 rings (SSSR count). The van der Waals surface area contributed by atoms with Crippen LogP contribution in [0, 0.1) is 17.8 Å². The van der Waals surface area contributed by atoms with Gasteiger partial charge in [-0.05, 0) is 67.2 Å². The Kier molecular flexibility index (Phi) is 6.39. The minimum absolute atomic E-state index is 0.445. The molecular formula is C15H25IN2. The second-order valence-corrected chi connectivity index (χ2v) is 6.44. The third-order valence-electron chi connectivity index (χ3n) is 3.70. The summed E-state index contributed by atoms with van der Waals surface area (Å²) in [6, 6.07) is 0. The van der Waals surface area contributed by atoms with Gasteiger partial charge in [-0.15, -0.1) is 0 Å². The summed E-state index contributed by atoms with van der Waals surface area (Å²) in [6.45, 7) is 9.75. The fraction of sp³-hybridized carbons (Fsp3) is 0.667. The van der Waals surface area contributed by atoms with E-state index < -0.39 is 0 Å². The van der Waals surface area contributed by atoms with Crippen molar-refractivity contribution in [2.75, 3.05) is 6.54 Å². The minimum Gasteiger partial charge on any atom is -0.394 e. The predicted molar refractivity (Wildman–Crippen MR) is 89.1 cm³/mol. The molecule has 0 saturated heterocycles. The summed E-state index contributed by atoms with van der Waals surface area (Å²) in [5.41, 5.74) is 8.43. The van der Waals surface area contributed by atoms with Gasteiger partial charge in [-0.1, -0.05) is 25.5 Å². The molecule has 0 radical (unpaired) electrons. The van der Waals surface area contributed by atoms with Gasteiger partial charge < -0.3 is 5.73 Å². The Morgan fingerprint density at radius 2 is 2.22 bits per heavy atom. The van der Waals surface area contributed by atoms with Crippen molar-refractivity contribution in [1.82, 2.24) is 0 Å². The third kappa shape index (κ3) is 4.11. The number of allylic oxidation sites excluding steroid dienone is 3. The molecule has 3 heteroatoms. The Bertz CT molecular complexity index is 365. The molecule has 0 aromatic heterocycles. The smallest absolute Gasteiger partial charge is 0.0724 e. The van der Waals surface area contributed by atoms with Crippen LogP contribution in [0.4, 0.5) is 0 Å². The molecule has 0 heterocycles. The fourth-order valence-electron chi connectivity index (χ4n) is 2.97.